The van der Waals surface area contributed by atoms with Gasteiger partial charge in [0.15, 0.2) is 0 Å². The summed E-state index contributed by atoms with van der Waals surface area (Å²) < 4.78 is 4.15. The van der Waals surface area contributed by atoms with Crippen LogP contribution in [0.3, 0.4) is 0 Å². The summed E-state index contributed by atoms with van der Waals surface area (Å²) in [6.45, 7) is 9.23. The number of ether oxygens (including phenoxy) is 1. The first kappa shape index (κ1) is 16.1. The monoisotopic (exact) mass is 270 g/mol. The average Bonchev–Trinajstić information content (AvgIpc) is 2.42. The lowest BCUT2D eigenvalue weighted by atomic mass is 9.87. The summed E-state index contributed by atoms with van der Waals surface area (Å²) in [5, 5.41) is 3.39. The van der Waals surface area contributed by atoms with E-state index in [-0.39, 0.29) is 0 Å². The lowest BCUT2D eigenvalue weighted by Gasteiger charge is -2.45. The molecule has 2 saturated heterocycles. The quantitative estimate of drug-likeness (QED) is 0.775. The van der Waals surface area contributed by atoms with Crippen molar-refractivity contribution in [1.82, 2.24) is 10.2 Å². The summed E-state index contributed by atoms with van der Waals surface area (Å²) in [5.41, 5.74) is 0.353. The Morgan fingerprint density at radius 1 is 1.32 bits per heavy atom. The van der Waals surface area contributed by atoms with Gasteiger partial charge >= 0.3 is 0 Å². The first-order valence-electron chi connectivity index (χ1n) is 7.15. The van der Waals surface area contributed by atoms with Gasteiger partial charge < -0.3 is 10.1 Å². The Balaban J connectivity index is 0.000000312. The van der Waals surface area contributed by atoms with Gasteiger partial charge in [-0.15, -0.1) is 0 Å². The number of nitrogens with zero attached hydrogens (tertiary/aromatic N) is 1. The predicted molar refractivity (Wildman–Crippen MR) is 74.0 cm³/mol. The standard InChI is InChI=1S/C11H20N2O.C3H6O2/c1-11(4-6-12-7-5-11)13-8-2-10(14)3-9-13;1-2-5-3-4/h12H,2-9H2,1H3;3H,2H2,1H3. The van der Waals surface area contributed by atoms with Crippen molar-refractivity contribution in [3.63, 3.8) is 0 Å². The van der Waals surface area contributed by atoms with Crippen LogP contribution in [0.2, 0.25) is 0 Å². The number of ketones is 1. The molecule has 2 rings (SSSR count). The van der Waals surface area contributed by atoms with Crippen LogP contribution in [0.1, 0.15) is 39.5 Å². The van der Waals surface area contributed by atoms with E-state index in [9.17, 15) is 9.59 Å². The van der Waals surface area contributed by atoms with Crippen LogP contribution >= 0.6 is 0 Å². The molecule has 0 bridgehead atoms. The maximum absolute atomic E-state index is 11.2. The molecule has 2 fully saturated rings. The molecule has 5 nitrogen and oxygen atoms in total. The lowest BCUT2D eigenvalue weighted by Crippen LogP contribution is -2.55. The first-order chi connectivity index (χ1) is 9.12. The smallest absolute Gasteiger partial charge is 0.293 e. The summed E-state index contributed by atoms with van der Waals surface area (Å²) in [4.78, 5) is 22.9. The minimum atomic E-state index is 0.353. The van der Waals surface area contributed by atoms with Crippen LogP contribution in [-0.4, -0.2) is 55.5 Å². The van der Waals surface area contributed by atoms with Crippen LogP contribution in [0.5, 0.6) is 0 Å². The molecule has 0 spiro atoms. The van der Waals surface area contributed by atoms with Crippen LogP contribution in [0, 0.1) is 0 Å². The van der Waals surface area contributed by atoms with Crippen molar-refractivity contribution in [3.8, 4) is 0 Å². The van der Waals surface area contributed by atoms with Crippen molar-refractivity contribution in [3.05, 3.63) is 0 Å². The highest BCUT2D eigenvalue weighted by Crippen LogP contribution is 2.27. The number of Topliss-reactive ketones (excluding diaryl/α,β-unsaturated/α-hetero) is 1. The highest BCUT2D eigenvalue weighted by atomic mass is 16.5. The van der Waals surface area contributed by atoms with E-state index in [2.05, 4.69) is 21.9 Å². The van der Waals surface area contributed by atoms with Crippen molar-refractivity contribution >= 4 is 12.3 Å². The molecule has 19 heavy (non-hydrogen) atoms. The van der Waals surface area contributed by atoms with Crippen molar-refractivity contribution in [2.45, 2.75) is 45.1 Å². The lowest BCUT2D eigenvalue weighted by molar-refractivity contribution is -0.128. The highest BCUT2D eigenvalue weighted by molar-refractivity contribution is 5.79. The van der Waals surface area contributed by atoms with Gasteiger partial charge in [0.2, 0.25) is 0 Å². The van der Waals surface area contributed by atoms with E-state index in [1.807, 2.05) is 0 Å². The van der Waals surface area contributed by atoms with E-state index in [1.54, 1.807) is 6.92 Å². The Bertz CT molecular complexity index is 278. The second-order valence-corrected chi connectivity index (χ2v) is 5.32. The Morgan fingerprint density at radius 2 is 1.89 bits per heavy atom. The molecule has 0 amide bonds. The van der Waals surface area contributed by atoms with Crippen LogP contribution in [0.4, 0.5) is 0 Å². The van der Waals surface area contributed by atoms with Gasteiger partial charge in [0.05, 0.1) is 6.61 Å². The molecule has 0 aromatic carbocycles. The Hall–Kier alpha value is -0.940. The Labute approximate surface area is 115 Å². The zero-order chi connectivity index (χ0) is 14.1. The van der Waals surface area contributed by atoms with Gasteiger partial charge in [0.1, 0.15) is 5.78 Å². The molecule has 0 radical (unpaired) electrons. The molecule has 2 heterocycles. The van der Waals surface area contributed by atoms with Gasteiger partial charge in [-0.05, 0) is 39.8 Å². The van der Waals surface area contributed by atoms with Crippen LogP contribution in [0.25, 0.3) is 0 Å². The van der Waals surface area contributed by atoms with Gasteiger partial charge in [-0.25, -0.2) is 0 Å². The molecule has 2 aliphatic heterocycles. The van der Waals surface area contributed by atoms with Crippen molar-refractivity contribution in [2.24, 2.45) is 0 Å². The first-order valence-corrected chi connectivity index (χ1v) is 7.15. The summed E-state index contributed by atoms with van der Waals surface area (Å²) in [7, 11) is 0. The molecule has 1 N–H and O–H groups in total. The summed E-state index contributed by atoms with van der Waals surface area (Å²) in [5.74, 6) is 0.443. The topological polar surface area (TPSA) is 58.6 Å². The Kier molecular flexibility index (Phi) is 7.02. The van der Waals surface area contributed by atoms with Gasteiger partial charge in [-0.1, -0.05) is 0 Å². The number of likely N-dealkylation sites (tertiary alicyclic amines) is 1. The molecule has 0 aliphatic carbocycles. The van der Waals surface area contributed by atoms with Crippen LogP contribution in [0.15, 0.2) is 0 Å². The zero-order valence-corrected chi connectivity index (χ0v) is 12.1. The second kappa shape index (κ2) is 8.27. The maximum atomic E-state index is 11.2. The number of piperidine rings is 2. The molecule has 5 heteroatoms. The third-order valence-corrected chi connectivity index (χ3v) is 4.00. The molecular weight excluding hydrogens is 244 g/mol. The SMILES string of the molecule is CC1(N2CCC(=O)CC2)CCNCC1.CCOC=O. The van der Waals surface area contributed by atoms with Gasteiger partial charge in [-0.2, -0.15) is 0 Å². The summed E-state index contributed by atoms with van der Waals surface area (Å²) in [6.07, 6.45) is 3.98. The predicted octanol–water partition coefficient (Wildman–Crippen LogP) is 0.973. The molecule has 0 aromatic heterocycles. The third-order valence-electron chi connectivity index (χ3n) is 4.00. The number of rotatable bonds is 3. The summed E-state index contributed by atoms with van der Waals surface area (Å²) in [6, 6.07) is 0. The molecular formula is C14H26N2O3. The van der Waals surface area contributed by atoms with Gasteiger partial charge in [0.25, 0.3) is 6.47 Å². The van der Waals surface area contributed by atoms with E-state index in [1.165, 1.54) is 12.8 Å². The van der Waals surface area contributed by atoms with E-state index >= 15 is 0 Å². The highest BCUT2D eigenvalue weighted by Gasteiger charge is 2.34. The zero-order valence-electron chi connectivity index (χ0n) is 12.1. The fourth-order valence-corrected chi connectivity index (χ4v) is 2.65. The fraction of sp³-hybridized carbons (Fsp3) is 0.857. The van der Waals surface area contributed by atoms with E-state index < -0.39 is 0 Å². The molecule has 0 unspecified atom stereocenters. The number of nitrogens with one attached hydrogen (secondary N) is 1. The summed E-state index contributed by atoms with van der Waals surface area (Å²) >= 11 is 0. The fourth-order valence-electron chi connectivity index (χ4n) is 2.65. The van der Waals surface area contributed by atoms with Crippen molar-refractivity contribution in [1.29, 1.82) is 0 Å². The van der Waals surface area contributed by atoms with Crippen molar-refractivity contribution in [2.75, 3.05) is 32.8 Å². The minimum absolute atomic E-state index is 0.353. The van der Waals surface area contributed by atoms with Gasteiger partial charge in [-0.3, -0.25) is 14.5 Å². The third kappa shape index (κ3) is 5.28. The van der Waals surface area contributed by atoms with E-state index in [4.69, 9.17) is 0 Å². The van der Waals surface area contributed by atoms with Crippen LogP contribution < -0.4 is 5.32 Å². The van der Waals surface area contributed by atoms with E-state index in [0.717, 1.165) is 39.0 Å². The molecule has 0 aromatic rings. The molecule has 0 saturated carbocycles. The minimum Gasteiger partial charge on any atom is -0.468 e. The largest absolute Gasteiger partial charge is 0.468 e. The number of hydrogen-bond acceptors (Lipinski definition) is 5. The Morgan fingerprint density at radius 3 is 2.32 bits per heavy atom. The van der Waals surface area contributed by atoms with Crippen LogP contribution in [-0.2, 0) is 14.3 Å². The normalized spacial score (nSPS) is 23.2. The maximum Gasteiger partial charge on any atom is 0.293 e. The number of carbonyl (C=O) groups is 2. The number of hydrogen-bond donors (Lipinski definition) is 1. The molecule has 0 atom stereocenters. The molecule has 2 aliphatic rings. The molecule has 110 valence electrons. The second-order valence-electron chi connectivity index (χ2n) is 5.32. The van der Waals surface area contributed by atoms with Crippen molar-refractivity contribution < 1.29 is 14.3 Å². The van der Waals surface area contributed by atoms with E-state index in [0.29, 0.717) is 24.4 Å². The number of carbonyl (C=O) groups excluding carboxylic acids is 2. The van der Waals surface area contributed by atoms with Gasteiger partial charge in [0, 0.05) is 31.5 Å². The average molecular weight is 270 g/mol.